The van der Waals surface area contributed by atoms with Crippen LogP contribution in [-0.4, -0.2) is 53.8 Å². The lowest BCUT2D eigenvalue weighted by molar-refractivity contribution is -0.139. The van der Waals surface area contributed by atoms with Crippen molar-refractivity contribution < 1.29 is 35.8 Å². The molecule has 206 valence electrons. The number of alkyl halides is 3. The molecule has 2 aromatic carbocycles. The topological polar surface area (TPSA) is 77.1 Å². The van der Waals surface area contributed by atoms with Gasteiger partial charge >= 0.3 is 6.18 Å². The van der Waals surface area contributed by atoms with Gasteiger partial charge in [-0.05, 0) is 65.8 Å². The number of likely N-dealkylation sites (N-methyl/N-ethyl adjacent to an activating group) is 1. The Balaban J connectivity index is 1.56. The van der Waals surface area contributed by atoms with Crippen molar-refractivity contribution in [2.45, 2.75) is 32.0 Å². The zero-order valence-electron chi connectivity index (χ0n) is 20.5. The van der Waals surface area contributed by atoms with Crippen molar-refractivity contribution in [2.75, 3.05) is 39.1 Å². The summed E-state index contributed by atoms with van der Waals surface area (Å²) in [4.78, 5) is 2.75. The normalized spacial score (nSPS) is 16.4. The molecule has 1 aromatic heterocycles. The quantitative estimate of drug-likeness (QED) is 0.280. The lowest BCUT2D eigenvalue weighted by Crippen LogP contribution is -2.23. The third-order valence-electron chi connectivity index (χ3n) is 5.64. The molecular weight excluding hydrogens is 629 g/mol. The lowest BCUT2D eigenvalue weighted by atomic mass is 10.1. The van der Waals surface area contributed by atoms with Crippen LogP contribution in [0.2, 0.25) is 0 Å². The summed E-state index contributed by atoms with van der Waals surface area (Å²) in [7, 11) is 0.813. The van der Waals surface area contributed by atoms with Gasteiger partial charge in [-0.2, -0.15) is 13.2 Å². The Morgan fingerprint density at radius 1 is 1.08 bits per heavy atom. The number of methoxy groups -OCH3 is 2. The average Bonchev–Trinajstić information content (AvgIpc) is 3.43. The first-order chi connectivity index (χ1) is 17.9. The van der Waals surface area contributed by atoms with E-state index in [1.165, 1.54) is 32.0 Å². The summed E-state index contributed by atoms with van der Waals surface area (Å²) in [5.74, 6) is 0.689. The first-order valence-electron chi connectivity index (χ1n) is 11.2. The Bertz CT molecular complexity index is 1420. The molecule has 3 aromatic rings. The predicted octanol–water partition coefficient (Wildman–Crippen LogP) is 6.58. The highest BCUT2D eigenvalue weighted by Gasteiger charge is 2.36. The number of likely N-dealkylation sites (tertiary alicyclic amines) is 1. The summed E-state index contributed by atoms with van der Waals surface area (Å²) in [6.45, 7) is 1.19. The summed E-state index contributed by atoms with van der Waals surface area (Å²) >= 11 is 5.75. The maximum Gasteiger partial charge on any atom is 0.419 e. The molecule has 1 aliphatic heterocycles. The molecule has 0 bridgehead atoms. The van der Waals surface area contributed by atoms with E-state index in [-0.39, 0.29) is 9.90 Å². The monoisotopic (exact) mass is 652 g/mol. The van der Waals surface area contributed by atoms with E-state index in [1.807, 2.05) is 18.0 Å². The number of thiophene rings is 1. The molecule has 1 aliphatic rings. The first-order valence-corrected chi connectivity index (χ1v) is 15.1. The van der Waals surface area contributed by atoms with E-state index in [0.29, 0.717) is 39.7 Å². The minimum atomic E-state index is -4.65. The van der Waals surface area contributed by atoms with Crippen LogP contribution >= 0.6 is 39.0 Å². The number of anilines is 1. The summed E-state index contributed by atoms with van der Waals surface area (Å²) in [5.41, 5.74) is -0.986. The van der Waals surface area contributed by atoms with Gasteiger partial charge in [-0.15, -0.1) is 11.3 Å². The van der Waals surface area contributed by atoms with Crippen LogP contribution in [0.25, 0.3) is 0 Å². The number of sulfonamides is 1. The number of ether oxygens (including phenoxy) is 3. The van der Waals surface area contributed by atoms with E-state index < -0.39 is 33.6 Å². The van der Waals surface area contributed by atoms with Crippen LogP contribution in [0, 0.1) is 0 Å². The van der Waals surface area contributed by atoms with Crippen LogP contribution < -0.4 is 18.9 Å². The van der Waals surface area contributed by atoms with Crippen LogP contribution in [0.15, 0.2) is 60.3 Å². The molecule has 0 aliphatic carbocycles. The molecule has 14 heteroatoms. The van der Waals surface area contributed by atoms with Gasteiger partial charge in [-0.1, -0.05) is 11.8 Å². The largest absolute Gasteiger partial charge is 0.493 e. The molecule has 1 N–H and O–H groups in total. The van der Waals surface area contributed by atoms with E-state index in [9.17, 15) is 21.6 Å². The molecule has 7 nitrogen and oxygen atoms in total. The standard InChI is InChI=1S/C24H24BrF3N2O5S3/c1-30-9-8-15(13-30)35-20-10-14(4-6-17(20)24(26,27)28)29-38(31,32)22-12-18(25)23(37-22)36-16-5-7-19(33-2)21(11-16)34-3/h4-7,10-12,15,29H,8-9,13H2,1-3H3. The lowest BCUT2D eigenvalue weighted by Gasteiger charge is -2.19. The maximum absolute atomic E-state index is 13.6. The minimum absolute atomic E-state index is 0.00728. The second kappa shape index (κ2) is 11.5. The number of hydrogen-bond acceptors (Lipinski definition) is 8. The fraction of sp³-hybridized carbons (Fsp3) is 0.333. The highest BCUT2D eigenvalue weighted by atomic mass is 79.9. The molecule has 1 saturated heterocycles. The van der Waals surface area contributed by atoms with Gasteiger partial charge in [0.15, 0.2) is 11.5 Å². The van der Waals surface area contributed by atoms with Gasteiger partial charge in [-0.3, -0.25) is 4.72 Å². The van der Waals surface area contributed by atoms with Crippen molar-refractivity contribution in [1.82, 2.24) is 4.90 Å². The van der Waals surface area contributed by atoms with Crippen LogP contribution in [-0.2, 0) is 16.2 Å². The molecule has 1 atom stereocenters. The van der Waals surface area contributed by atoms with Crippen molar-refractivity contribution in [2.24, 2.45) is 0 Å². The third-order valence-corrected chi connectivity index (χ3v) is 11.0. The van der Waals surface area contributed by atoms with E-state index in [0.717, 1.165) is 34.4 Å². The van der Waals surface area contributed by atoms with Gasteiger partial charge in [-0.25, -0.2) is 8.42 Å². The molecular formula is C24H24BrF3N2O5S3. The SMILES string of the molecule is COc1ccc(Sc2sc(S(=O)(=O)Nc3ccc(C(F)(F)F)c(OC4CCN(C)C4)c3)cc2Br)cc1OC. The van der Waals surface area contributed by atoms with Crippen LogP contribution in [0.1, 0.15) is 12.0 Å². The molecule has 1 unspecified atom stereocenters. The number of hydrogen-bond donors (Lipinski definition) is 1. The number of benzene rings is 2. The van der Waals surface area contributed by atoms with Crippen molar-refractivity contribution in [3.63, 3.8) is 0 Å². The van der Waals surface area contributed by atoms with Gasteiger partial charge in [0.2, 0.25) is 0 Å². The molecule has 0 radical (unpaired) electrons. The number of halogens is 4. The zero-order chi connectivity index (χ0) is 27.7. The Morgan fingerprint density at radius 2 is 1.82 bits per heavy atom. The van der Waals surface area contributed by atoms with Crippen molar-refractivity contribution in [3.05, 3.63) is 52.5 Å². The molecule has 0 spiro atoms. The van der Waals surface area contributed by atoms with Gasteiger partial charge in [0.25, 0.3) is 10.0 Å². The predicted molar refractivity (Wildman–Crippen MR) is 144 cm³/mol. The summed E-state index contributed by atoms with van der Waals surface area (Å²) < 4.78 is 86.9. The first kappa shape index (κ1) is 28.9. The van der Waals surface area contributed by atoms with Crippen LogP contribution in [0.5, 0.6) is 17.2 Å². The third kappa shape index (κ3) is 6.71. The van der Waals surface area contributed by atoms with Crippen molar-refractivity contribution in [3.8, 4) is 17.2 Å². The Labute approximate surface area is 235 Å². The molecule has 0 saturated carbocycles. The van der Waals surface area contributed by atoms with Gasteiger partial charge in [0.1, 0.15) is 16.1 Å². The molecule has 4 rings (SSSR count). The summed E-state index contributed by atoms with van der Waals surface area (Å²) in [6, 6.07) is 9.77. The summed E-state index contributed by atoms with van der Waals surface area (Å²) in [6.07, 6.45) is -4.49. The van der Waals surface area contributed by atoms with E-state index >= 15 is 0 Å². The Hall–Kier alpha value is -2.13. The fourth-order valence-electron chi connectivity index (χ4n) is 3.81. The summed E-state index contributed by atoms with van der Waals surface area (Å²) in [5, 5.41) is 0. The average molecular weight is 654 g/mol. The van der Waals surface area contributed by atoms with Crippen LogP contribution in [0.3, 0.4) is 0 Å². The van der Waals surface area contributed by atoms with E-state index in [1.54, 1.807) is 12.1 Å². The fourth-order valence-corrected chi connectivity index (χ4v) is 8.53. The number of nitrogens with one attached hydrogen (secondary N) is 1. The minimum Gasteiger partial charge on any atom is -0.493 e. The van der Waals surface area contributed by atoms with Crippen molar-refractivity contribution in [1.29, 1.82) is 0 Å². The smallest absolute Gasteiger partial charge is 0.419 e. The highest BCUT2D eigenvalue weighted by molar-refractivity contribution is 9.10. The Morgan fingerprint density at radius 3 is 2.45 bits per heavy atom. The van der Waals surface area contributed by atoms with Crippen molar-refractivity contribution >= 4 is 54.7 Å². The number of rotatable bonds is 9. The maximum atomic E-state index is 13.6. The second-order valence-electron chi connectivity index (χ2n) is 8.42. The van der Waals surface area contributed by atoms with E-state index in [4.69, 9.17) is 14.2 Å². The van der Waals surface area contributed by atoms with E-state index in [2.05, 4.69) is 20.7 Å². The molecule has 38 heavy (non-hydrogen) atoms. The Kier molecular flexibility index (Phi) is 8.77. The van der Waals surface area contributed by atoms with Gasteiger partial charge in [0.05, 0.1) is 29.7 Å². The molecule has 0 amide bonds. The van der Waals surface area contributed by atoms with Crippen LogP contribution in [0.4, 0.5) is 18.9 Å². The zero-order valence-corrected chi connectivity index (χ0v) is 24.5. The highest BCUT2D eigenvalue weighted by Crippen LogP contribution is 2.44. The molecule has 1 fully saturated rings. The second-order valence-corrected chi connectivity index (χ2v) is 13.6. The number of nitrogens with zero attached hydrogens (tertiary/aromatic N) is 1. The van der Waals surface area contributed by atoms with Gasteiger partial charge < -0.3 is 19.1 Å². The van der Waals surface area contributed by atoms with Gasteiger partial charge in [0, 0.05) is 28.5 Å². The molecule has 2 heterocycles.